The molecule has 0 fully saturated rings. The van der Waals surface area contributed by atoms with Crippen LogP contribution in [0.2, 0.25) is 0 Å². The van der Waals surface area contributed by atoms with Crippen molar-refractivity contribution in [2.24, 2.45) is 5.73 Å². The second-order valence-electron chi connectivity index (χ2n) is 5.67. The highest BCUT2D eigenvalue weighted by atomic mass is 32.2. The number of hydrogen-bond donors (Lipinski definition) is 2. The molecule has 12 heteroatoms. The minimum atomic E-state index is -4.04. The summed E-state index contributed by atoms with van der Waals surface area (Å²) in [5.74, 6) is -1.57. The molecule has 152 valence electrons. The topological polar surface area (TPSA) is 137 Å². The third kappa shape index (κ3) is 4.32. The molecule has 0 saturated heterocycles. The summed E-state index contributed by atoms with van der Waals surface area (Å²) in [6.45, 7) is 0. The van der Waals surface area contributed by atoms with E-state index in [1.54, 1.807) is 0 Å². The zero-order valence-corrected chi connectivity index (χ0v) is 15.6. The van der Waals surface area contributed by atoms with Gasteiger partial charge in [-0.1, -0.05) is 5.16 Å². The molecule has 29 heavy (non-hydrogen) atoms. The zero-order chi connectivity index (χ0) is 21.2. The zero-order valence-electron chi connectivity index (χ0n) is 14.8. The van der Waals surface area contributed by atoms with E-state index in [-0.39, 0.29) is 27.7 Å². The second kappa shape index (κ2) is 7.83. The van der Waals surface area contributed by atoms with E-state index in [4.69, 9.17) is 10.5 Å². The maximum absolute atomic E-state index is 12.6. The van der Waals surface area contributed by atoms with Crippen LogP contribution in [0.4, 0.5) is 14.5 Å². The first-order valence-corrected chi connectivity index (χ1v) is 9.42. The van der Waals surface area contributed by atoms with Gasteiger partial charge in [0, 0.05) is 11.3 Å². The average molecular weight is 424 g/mol. The van der Waals surface area contributed by atoms with Gasteiger partial charge in [-0.2, -0.15) is 13.8 Å². The molecule has 2 aromatic carbocycles. The van der Waals surface area contributed by atoms with Crippen molar-refractivity contribution in [1.29, 1.82) is 0 Å². The molecule has 0 atom stereocenters. The van der Waals surface area contributed by atoms with E-state index in [2.05, 4.69) is 19.4 Å². The Hall–Kier alpha value is -3.54. The van der Waals surface area contributed by atoms with Gasteiger partial charge in [0.25, 0.3) is 21.8 Å². The molecule has 0 spiro atoms. The maximum Gasteiger partial charge on any atom is 0.315 e. The Kier molecular flexibility index (Phi) is 5.46. The molecule has 1 heterocycles. The predicted molar refractivity (Wildman–Crippen MR) is 97.0 cm³/mol. The third-order valence-electron chi connectivity index (χ3n) is 3.77. The second-order valence-corrected chi connectivity index (χ2v) is 7.35. The number of carbonyl (C=O) groups is 1. The van der Waals surface area contributed by atoms with E-state index in [9.17, 15) is 22.0 Å². The third-order valence-corrected chi connectivity index (χ3v) is 5.15. The molecule has 0 radical (unpaired) electrons. The summed E-state index contributed by atoms with van der Waals surface area (Å²) in [4.78, 5) is 14.8. The van der Waals surface area contributed by atoms with Crippen molar-refractivity contribution in [3.63, 3.8) is 0 Å². The number of halogens is 2. The van der Waals surface area contributed by atoms with Crippen molar-refractivity contribution in [3.8, 4) is 17.1 Å². The molecular formula is C17H14F2N4O5S. The molecule has 9 nitrogen and oxygen atoms in total. The highest BCUT2D eigenvalue weighted by molar-refractivity contribution is 7.92. The van der Waals surface area contributed by atoms with Gasteiger partial charge in [0.05, 0.1) is 17.6 Å². The largest absolute Gasteiger partial charge is 0.496 e. The van der Waals surface area contributed by atoms with E-state index in [1.165, 1.54) is 43.5 Å². The van der Waals surface area contributed by atoms with Crippen LogP contribution in [0.1, 0.15) is 22.7 Å². The van der Waals surface area contributed by atoms with E-state index in [0.29, 0.717) is 5.56 Å². The lowest BCUT2D eigenvalue weighted by atomic mass is 10.2. The molecule has 3 N–H and O–H groups in total. The number of hydrogen-bond acceptors (Lipinski definition) is 7. The van der Waals surface area contributed by atoms with Gasteiger partial charge >= 0.3 is 6.43 Å². The van der Waals surface area contributed by atoms with Crippen molar-refractivity contribution < 1.29 is 31.3 Å². The molecule has 0 aliphatic carbocycles. The fourth-order valence-electron chi connectivity index (χ4n) is 2.39. The Labute approximate surface area is 163 Å². The Balaban J connectivity index is 1.83. The molecule has 3 aromatic rings. The summed E-state index contributed by atoms with van der Waals surface area (Å²) in [6.07, 6.45) is -2.89. The minimum Gasteiger partial charge on any atom is -0.496 e. The summed E-state index contributed by atoms with van der Waals surface area (Å²) in [6, 6.07) is 9.32. The van der Waals surface area contributed by atoms with Crippen LogP contribution in [-0.4, -0.2) is 31.6 Å². The van der Waals surface area contributed by atoms with E-state index in [0.717, 1.165) is 6.07 Å². The molecule has 1 amide bonds. The minimum absolute atomic E-state index is 0.0593. The van der Waals surface area contributed by atoms with Crippen molar-refractivity contribution in [2.45, 2.75) is 11.3 Å². The predicted octanol–water partition coefficient (Wildman–Crippen LogP) is 2.58. The van der Waals surface area contributed by atoms with Crippen molar-refractivity contribution in [3.05, 3.63) is 53.9 Å². The fraction of sp³-hybridized carbons (Fsp3) is 0.118. The number of alkyl halides is 2. The number of nitrogens with one attached hydrogen (secondary N) is 1. The van der Waals surface area contributed by atoms with Gasteiger partial charge in [-0.25, -0.2) is 8.42 Å². The monoisotopic (exact) mass is 424 g/mol. The quantitative estimate of drug-likeness (QED) is 0.594. The number of nitrogens with two attached hydrogens (primary N) is 1. The highest BCUT2D eigenvalue weighted by Crippen LogP contribution is 2.26. The van der Waals surface area contributed by atoms with Crippen molar-refractivity contribution in [1.82, 2.24) is 10.1 Å². The van der Waals surface area contributed by atoms with Crippen LogP contribution in [0.15, 0.2) is 51.9 Å². The van der Waals surface area contributed by atoms with Gasteiger partial charge in [-0.3, -0.25) is 9.52 Å². The van der Waals surface area contributed by atoms with Gasteiger partial charge in [-0.05, 0) is 42.5 Å². The van der Waals surface area contributed by atoms with Crippen LogP contribution in [0, 0.1) is 0 Å². The number of benzene rings is 2. The number of methoxy groups -OCH3 is 1. The number of sulfonamides is 1. The maximum atomic E-state index is 12.6. The molecule has 3 rings (SSSR count). The van der Waals surface area contributed by atoms with Crippen LogP contribution < -0.4 is 15.2 Å². The lowest BCUT2D eigenvalue weighted by Gasteiger charge is -2.11. The van der Waals surface area contributed by atoms with Gasteiger partial charge in [0.15, 0.2) is 0 Å². The van der Waals surface area contributed by atoms with Crippen molar-refractivity contribution >= 4 is 21.6 Å². The number of aromatic nitrogens is 2. The van der Waals surface area contributed by atoms with E-state index < -0.39 is 28.2 Å². The summed E-state index contributed by atoms with van der Waals surface area (Å²) in [5.41, 5.74) is 5.70. The number of carbonyl (C=O) groups excluding carboxylic acids is 1. The SMILES string of the molecule is COc1ccc(S(=O)(=O)Nc2ccc(-c3noc(C(F)F)n3)cc2)cc1C(N)=O. The summed E-state index contributed by atoms with van der Waals surface area (Å²) in [7, 11) is -2.72. The van der Waals surface area contributed by atoms with Gasteiger partial charge in [0.1, 0.15) is 5.75 Å². The summed E-state index contributed by atoms with van der Waals surface area (Å²) < 4.78 is 62.0. The first-order chi connectivity index (χ1) is 13.7. The van der Waals surface area contributed by atoms with Crippen LogP contribution in [0.5, 0.6) is 5.75 Å². The summed E-state index contributed by atoms with van der Waals surface area (Å²) >= 11 is 0. The van der Waals surface area contributed by atoms with E-state index in [1.807, 2.05) is 0 Å². The molecular weight excluding hydrogens is 410 g/mol. The Bertz CT molecular complexity index is 1150. The molecule has 0 bridgehead atoms. The number of amides is 1. The van der Waals surface area contributed by atoms with Gasteiger partial charge in [-0.15, -0.1) is 0 Å². The molecule has 0 saturated carbocycles. The van der Waals surface area contributed by atoms with Crippen LogP contribution >= 0.6 is 0 Å². The first-order valence-electron chi connectivity index (χ1n) is 7.94. The number of ether oxygens (including phenoxy) is 1. The standard InChI is InChI=1S/C17H14F2N4O5S/c1-27-13-7-6-11(8-12(13)15(20)24)29(25,26)23-10-4-2-9(3-5-10)16-21-17(14(18)19)28-22-16/h2-8,14,23H,1H3,(H2,20,24). The smallest absolute Gasteiger partial charge is 0.315 e. The number of anilines is 1. The lowest BCUT2D eigenvalue weighted by Crippen LogP contribution is -2.16. The Morgan fingerprint density at radius 1 is 1.21 bits per heavy atom. The van der Waals surface area contributed by atoms with Crippen LogP contribution in [-0.2, 0) is 10.0 Å². The van der Waals surface area contributed by atoms with Gasteiger partial charge < -0.3 is 15.0 Å². The molecule has 0 aliphatic rings. The van der Waals surface area contributed by atoms with Crippen LogP contribution in [0.3, 0.4) is 0 Å². The molecule has 0 aliphatic heterocycles. The van der Waals surface area contributed by atoms with E-state index >= 15 is 0 Å². The Morgan fingerprint density at radius 2 is 1.90 bits per heavy atom. The van der Waals surface area contributed by atoms with Gasteiger partial charge in [0.2, 0.25) is 5.82 Å². The number of primary amides is 1. The highest BCUT2D eigenvalue weighted by Gasteiger charge is 2.20. The molecule has 1 aromatic heterocycles. The van der Waals surface area contributed by atoms with Crippen molar-refractivity contribution in [2.75, 3.05) is 11.8 Å². The van der Waals surface area contributed by atoms with Crippen LogP contribution in [0.25, 0.3) is 11.4 Å². The summed E-state index contributed by atoms with van der Waals surface area (Å²) in [5, 5.41) is 3.44. The number of rotatable bonds is 7. The number of nitrogens with zero attached hydrogens (tertiary/aromatic N) is 2. The Morgan fingerprint density at radius 3 is 2.45 bits per heavy atom. The average Bonchev–Trinajstić information content (AvgIpc) is 3.18. The normalized spacial score (nSPS) is 11.4. The molecule has 0 unspecified atom stereocenters. The first kappa shape index (κ1) is 20.2. The lowest BCUT2D eigenvalue weighted by molar-refractivity contribution is 0.0997. The fourth-order valence-corrected chi connectivity index (χ4v) is 3.47.